The molecular formula is C13H18BrNO. The second-order valence-electron chi connectivity index (χ2n) is 4.85. The summed E-state index contributed by atoms with van der Waals surface area (Å²) in [5, 5.41) is 9.45. The molecule has 1 saturated carbocycles. The fourth-order valence-corrected chi connectivity index (χ4v) is 2.74. The molecule has 1 aliphatic carbocycles. The van der Waals surface area contributed by atoms with Crippen molar-refractivity contribution in [1.82, 2.24) is 0 Å². The topological polar surface area (TPSA) is 23.5 Å². The SMILES string of the molecule is CN(CC1(CO)CCC1)c1cccc(Br)c1. The van der Waals surface area contributed by atoms with Gasteiger partial charge in [0.15, 0.2) is 0 Å². The Bertz CT molecular complexity index is 357. The van der Waals surface area contributed by atoms with Gasteiger partial charge in [0.1, 0.15) is 0 Å². The van der Waals surface area contributed by atoms with Gasteiger partial charge in [-0.15, -0.1) is 0 Å². The minimum atomic E-state index is 0.150. The molecule has 0 heterocycles. The van der Waals surface area contributed by atoms with E-state index in [-0.39, 0.29) is 5.41 Å². The average Bonchev–Trinajstić information content (AvgIpc) is 2.23. The van der Waals surface area contributed by atoms with Crippen molar-refractivity contribution in [3.63, 3.8) is 0 Å². The molecule has 3 heteroatoms. The first-order valence-electron chi connectivity index (χ1n) is 5.73. The Hall–Kier alpha value is -0.540. The molecule has 16 heavy (non-hydrogen) atoms. The lowest BCUT2D eigenvalue weighted by Gasteiger charge is -2.43. The Morgan fingerprint density at radius 1 is 1.44 bits per heavy atom. The summed E-state index contributed by atoms with van der Waals surface area (Å²) in [6.07, 6.45) is 3.57. The minimum Gasteiger partial charge on any atom is -0.396 e. The van der Waals surface area contributed by atoms with Gasteiger partial charge in [0.05, 0.1) is 6.61 Å². The highest BCUT2D eigenvalue weighted by Gasteiger charge is 2.37. The normalized spacial score (nSPS) is 17.9. The Balaban J connectivity index is 2.05. The van der Waals surface area contributed by atoms with Crippen molar-refractivity contribution >= 4 is 21.6 Å². The summed E-state index contributed by atoms with van der Waals surface area (Å²) in [5.41, 5.74) is 1.35. The van der Waals surface area contributed by atoms with E-state index in [0.717, 1.165) is 23.9 Å². The third-order valence-electron chi connectivity index (χ3n) is 3.57. The van der Waals surface area contributed by atoms with Crippen LogP contribution in [0.2, 0.25) is 0 Å². The molecule has 1 aromatic carbocycles. The summed E-state index contributed by atoms with van der Waals surface area (Å²) in [5.74, 6) is 0. The maximum absolute atomic E-state index is 9.45. The minimum absolute atomic E-state index is 0.150. The molecule has 1 aliphatic rings. The van der Waals surface area contributed by atoms with Crippen LogP contribution in [0, 0.1) is 5.41 Å². The zero-order valence-electron chi connectivity index (χ0n) is 9.62. The van der Waals surface area contributed by atoms with Crippen molar-refractivity contribution in [3.05, 3.63) is 28.7 Å². The van der Waals surface area contributed by atoms with Crippen LogP contribution in [0.15, 0.2) is 28.7 Å². The van der Waals surface area contributed by atoms with E-state index in [1.807, 2.05) is 12.1 Å². The lowest BCUT2D eigenvalue weighted by molar-refractivity contribution is 0.0524. The number of halogens is 1. The summed E-state index contributed by atoms with van der Waals surface area (Å²) in [6.45, 7) is 1.26. The van der Waals surface area contributed by atoms with Gasteiger partial charge >= 0.3 is 0 Å². The molecule has 1 aromatic rings. The molecule has 0 aromatic heterocycles. The third-order valence-corrected chi connectivity index (χ3v) is 4.06. The highest BCUT2D eigenvalue weighted by Crippen LogP contribution is 2.41. The summed E-state index contributed by atoms with van der Waals surface area (Å²) in [7, 11) is 2.09. The van der Waals surface area contributed by atoms with Crippen molar-refractivity contribution in [2.24, 2.45) is 5.41 Å². The van der Waals surface area contributed by atoms with Gasteiger partial charge in [-0.2, -0.15) is 0 Å². The molecule has 2 nitrogen and oxygen atoms in total. The largest absolute Gasteiger partial charge is 0.396 e. The van der Waals surface area contributed by atoms with Crippen LogP contribution >= 0.6 is 15.9 Å². The van der Waals surface area contributed by atoms with E-state index < -0.39 is 0 Å². The lowest BCUT2D eigenvalue weighted by atomic mass is 9.69. The van der Waals surface area contributed by atoms with E-state index in [1.54, 1.807) is 0 Å². The smallest absolute Gasteiger partial charge is 0.0504 e. The van der Waals surface area contributed by atoms with Gasteiger partial charge in [-0.3, -0.25) is 0 Å². The summed E-state index contributed by atoms with van der Waals surface area (Å²) in [6, 6.07) is 8.29. The lowest BCUT2D eigenvalue weighted by Crippen LogP contribution is -2.43. The van der Waals surface area contributed by atoms with Crippen LogP contribution in [0.5, 0.6) is 0 Å². The summed E-state index contributed by atoms with van der Waals surface area (Å²) < 4.78 is 1.10. The van der Waals surface area contributed by atoms with E-state index in [2.05, 4.69) is 40.0 Å². The van der Waals surface area contributed by atoms with Crippen LogP contribution in [0.1, 0.15) is 19.3 Å². The van der Waals surface area contributed by atoms with Gasteiger partial charge in [0.2, 0.25) is 0 Å². The van der Waals surface area contributed by atoms with Crippen LogP contribution in [0.4, 0.5) is 5.69 Å². The first-order valence-corrected chi connectivity index (χ1v) is 6.52. The van der Waals surface area contributed by atoms with Crippen LogP contribution in [0.25, 0.3) is 0 Å². The number of benzene rings is 1. The van der Waals surface area contributed by atoms with Crippen molar-refractivity contribution in [2.75, 3.05) is 25.1 Å². The molecule has 0 radical (unpaired) electrons. The number of hydrogen-bond acceptors (Lipinski definition) is 2. The Morgan fingerprint density at radius 2 is 2.19 bits per heavy atom. The molecule has 0 unspecified atom stereocenters. The Morgan fingerprint density at radius 3 is 2.69 bits per heavy atom. The maximum Gasteiger partial charge on any atom is 0.0504 e. The maximum atomic E-state index is 9.45. The fourth-order valence-electron chi connectivity index (χ4n) is 2.35. The summed E-state index contributed by atoms with van der Waals surface area (Å²) >= 11 is 3.48. The second kappa shape index (κ2) is 4.76. The Labute approximate surface area is 105 Å². The van der Waals surface area contributed by atoms with Crippen LogP contribution in [0.3, 0.4) is 0 Å². The number of aliphatic hydroxyl groups excluding tert-OH is 1. The molecule has 0 atom stereocenters. The fraction of sp³-hybridized carbons (Fsp3) is 0.538. The highest BCUT2D eigenvalue weighted by molar-refractivity contribution is 9.10. The molecule has 1 fully saturated rings. The first-order chi connectivity index (χ1) is 7.65. The van der Waals surface area contributed by atoms with Gasteiger partial charge in [-0.25, -0.2) is 0 Å². The standard InChI is InChI=1S/C13H18BrNO/c1-15(9-13(10-16)6-3-7-13)12-5-2-4-11(14)8-12/h2,4-5,8,16H,3,6-7,9-10H2,1H3. The van der Waals surface area contributed by atoms with Crippen LogP contribution in [-0.4, -0.2) is 25.3 Å². The Kier molecular flexibility index (Phi) is 3.55. The van der Waals surface area contributed by atoms with Crippen molar-refractivity contribution < 1.29 is 5.11 Å². The molecule has 0 spiro atoms. The summed E-state index contributed by atoms with van der Waals surface area (Å²) in [4.78, 5) is 2.24. The van der Waals surface area contributed by atoms with Gasteiger partial charge in [0, 0.05) is 29.2 Å². The van der Waals surface area contributed by atoms with Gasteiger partial charge < -0.3 is 10.0 Å². The third kappa shape index (κ3) is 2.41. The predicted octanol–water partition coefficient (Wildman–Crippen LogP) is 3.05. The second-order valence-corrected chi connectivity index (χ2v) is 5.76. The van der Waals surface area contributed by atoms with Gasteiger partial charge in [-0.1, -0.05) is 28.4 Å². The van der Waals surface area contributed by atoms with E-state index in [4.69, 9.17) is 0 Å². The number of hydrogen-bond donors (Lipinski definition) is 1. The number of aliphatic hydroxyl groups is 1. The van der Waals surface area contributed by atoms with Gasteiger partial charge in [0.25, 0.3) is 0 Å². The molecule has 2 rings (SSSR count). The van der Waals surface area contributed by atoms with Crippen LogP contribution < -0.4 is 4.90 Å². The molecule has 0 bridgehead atoms. The van der Waals surface area contributed by atoms with Crippen LogP contribution in [-0.2, 0) is 0 Å². The average molecular weight is 284 g/mol. The zero-order valence-corrected chi connectivity index (χ0v) is 11.2. The predicted molar refractivity (Wildman–Crippen MR) is 70.8 cm³/mol. The molecule has 0 aliphatic heterocycles. The molecule has 88 valence electrons. The monoisotopic (exact) mass is 283 g/mol. The zero-order chi connectivity index (χ0) is 11.6. The number of rotatable bonds is 4. The van der Waals surface area contributed by atoms with Crippen molar-refractivity contribution in [2.45, 2.75) is 19.3 Å². The number of nitrogens with zero attached hydrogens (tertiary/aromatic N) is 1. The van der Waals surface area contributed by atoms with Crippen molar-refractivity contribution in [3.8, 4) is 0 Å². The van der Waals surface area contributed by atoms with E-state index in [1.165, 1.54) is 12.1 Å². The molecule has 1 N–H and O–H groups in total. The molecule has 0 saturated heterocycles. The highest BCUT2D eigenvalue weighted by atomic mass is 79.9. The van der Waals surface area contributed by atoms with E-state index >= 15 is 0 Å². The molecular weight excluding hydrogens is 266 g/mol. The number of anilines is 1. The van der Waals surface area contributed by atoms with E-state index in [0.29, 0.717) is 6.61 Å². The van der Waals surface area contributed by atoms with E-state index in [9.17, 15) is 5.11 Å². The van der Waals surface area contributed by atoms with Gasteiger partial charge in [-0.05, 0) is 31.0 Å². The van der Waals surface area contributed by atoms with Crippen molar-refractivity contribution in [1.29, 1.82) is 0 Å². The first kappa shape index (κ1) is 11.9. The quantitative estimate of drug-likeness (QED) is 0.918. The molecule has 0 amide bonds.